The Morgan fingerprint density at radius 1 is 1.15 bits per heavy atom. The lowest BCUT2D eigenvalue weighted by molar-refractivity contribution is -0.121. The van der Waals surface area contributed by atoms with Crippen LogP contribution in [0.15, 0.2) is 24.3 Å². The standard InChI is InChI=1S/C19H26BrN5O/c1-12(20)18(26)21-13-8-10-14(11-9-13)22-19-23-16-7-5-4-6-15(16)17(24-19)25(2)3/h4-7,12-14H,8-11H2,1-3H3,(H,21,26)(H,22,23,24). The molecule has 3 rings (SSSR count). The largest absolute Gasteiger partial charge is 0.362 e. The van der Waals surface area contributed by atoms with Crippen LogP contribution in [0.3, 0.4) is 0 Å². The number of halogens is 1. The van der Waals surface area contributed by atoms with Crippen molar-refractivity contribution in [3.63, 3.8) is 0 Å². The highest BCUT2D eigenvalue weighted by Gasteiger charge is 2.24. The maximum absolute atomic E-state index is 11.8. The summed E-state index contributed by atoms with van der Waals surface area (Å²) in [5.41, 5.74) is 0.945. The molecule has 140 valence electrons. The van der Waals surface area contributed by atoms with Gasteiger partial charge in [-0.05, 0) is 44.7 Å². The van der Waals surface area contributed by atoms with E-state index in [1.807, 2.05) is 50.2 Å². The fourth-order valence-corrected chi connectivity index (χ4v) is 3.48. The van der Waals surface area contributed by atoms with E-state index in [2.05, 4.69) is 31.5 Å². The van der Waals surface area contributed by atoms with E-state index in [4.69, 9.17) is 4.98 Å². The second-order valence-corrected chi connectivity index (χ2v) is 8.47. The number of anilines is 2. The summed E-state index contributed by atoms with van der Waals surface area (Å²) in [4.78, 5) is 23.1. The molecule has 1 amide bonds. The molecule has 1 aliphatic carbocycles. The van der Waals surface area contributed by atoms with E-state index in [0.29, 0.717) is 12.0 Å². The number of carbonyl (C=O) groups excluding carboxylic acids is 1. The van der Waals surface area contributed by atoms with Crippen LogP contribution in [0.4, 0.5) is 11.8 Å². The van der Waals surface area contributed by atoms with E-state index in [1.165, 1.54) is 0 Å². The number of hydrogen-bond donors (Lipinski definition) is 2. The smallest absolute Gasteiger partial charge is 0.233 e. The molecule has 7 heteroatoms. The zero-order valence-corrected chi connectivity index (χ0v) is 17.1. The molecule has 1 heterocycles. The van der Waals surface area contributed by atoms with Gasteiger partial charge in [-0.1, -0.05) is 28.1 Å². The number of para-hydroxylation sites is 1. The molecule has 26 heavy (non-hydrogen) atoms. The molecule has 1 aromatic carbocycles. The number of benzene rings is 1. The lowest BCUT2D eigenvalue weighted by Gasteiger charge is -2.30. The van der Waals surface area contributed by atoms with Crippen molar-refractivity contribution in [2.75, 3.05) is 24.3 Å². The first-order valence-corrected chi connectivity index (χ1v) is 10.0. The molecule has 2 aromatic rings. The Morgan fingerprint density at radius 3 is 2.46 bits per heavy atom. The minimum absolute atomic E-state index is 0.0647. The lowest BCUT2D eigenvalue weighted by Crippen LogP contribution is -2.42. The Bertz CT molecular complexity index is 772. The average molecular weight is 420 g/mol. The summed E-state index contributed by atoms with van der Waals surface area (Å²) in [5.74, 6) is 1.66. The number of carbonyl (C=O) groups is 1. The quantitative estimate of drug-likeness (QED) is 0.727. The number of fused-ring (bicyclic) bond motifs is 1. The Morgan fingerprint density at radius 2 is 1.81 bits per heavy atom. The van der Waals surface area contributed by atoms with Crippen molar-refractivity contribution in [2.24, 2.45) is 0 Å². The molecule has 1 fully saturated rings. The number of nitrogens with one attached hydrogen (secondary N) is 2. The summed E-state index contributed by atoms with van der Waals surface area (Å²) in [5, 5.41) is 7.65. The van der Waals surface area contributed by atoms with Gasteiger partial charge in [0.1, 0.15) is 5.82 Å². The molecule has 0 radical (unpaired) electrons. The highest BCUT2D eigenvalue weighted by Crippen LogP contribution is 2.26. The molecule has 0 spiro atoms. The van der Waals surface area contributed by atoms with Crippen LogP contribution in [0.2, 0.25) is 0 Å². The van der Waals surface area contributed by atoms with Crippen LogP contribution in [-0.2, 0) is 4.79 Å². The fraction of sp³-hybridized carbons (Fsp3) is 0.526. The number of nitrogens with zero attached hydrogens (tertiary/aromatic N) is 3. The van der Waals surface area contributed by atoms with Crippen LogP contribution in [0.25, 0.3) is 10.9 Å². The highest BCUT2D eigenvalue weighted by atomic mass is 79.9. The number of hydrogen-bond acceptors (Lipinski definition) is 5. The topological polar surface area (TPSA) is 70.2 Å². The SMILES string of the molecule is CC(Br)C(=O)NC1CCC(Nc2nc(N(C)C)c3ccccc3n2)CC1. The highest BCUT2D eigenvalue weighted by molar-refractivity contribution is 9.10. The van der Waals surface area contributed by atoms with Gasteiger partial charge in [0, 0.05) is 31.6 Å². The molecule has 1 saturated carbocycles. The summed E-state index contributed by atoms with van der Waals surface area (Å²) in [6.07, 6.45) is 3.93. The average Bonchev–Trinajstić information content (AvgIpc) is 2.62. The Labute approximate surface area is 162 Å². The first kappa shape index (κ1) is 18.9. The molecule has 2 N–H and O–H groups in total. The van der Waals surface area contributed by atoms with Gasteiger partial charge in [-0.15, -0.1) is 0 Å². The van der Waals surface area contributed by atoms with Crippen LogP contribution in [0.1, 0.15) is 32.6 Å². The van der Waals surface area contributed by atoms with Gasteiger partial charge in [0.15, 0.2) is 0 Å². The zero-order chi connectivity index (χ0) is 18.7. The molecule has 0 saturated heterocycles. The van der Waals surface area contributed by atoms with Gasteiger partial charge < -0.3 is 15.5 Å². The predicted octanol–water partition coefficient (Wildman–Crippen LogP) is 3.32. The second-order valence-electron chi connectivity index (χ2n) is 7.10. The summed E-state index contributed by atoms with van der Waals surface area (Å²) >= 11 is 3.32. The van der Waals surface area contributed by atoms with Gasteiger partial charge >= 0.3 is 0 Å². The predicted molar refractivity (Wildman–Crippen MR) is 110 cm³/mol. The fourth-order valence-electron chi connectivity index (χ4n) is 3.35. The van der Waals surface area contributed by atoms with E-state index in [-0.39, 0.29) is 16.8 Å². The van der Waals surface area contributed by atoms with Crippen molar-refractivity contribution >= 4 is 44.5 Å². The van der Waals surface area contributed by atoms with Gasteiger partial charge in [-0.2, -0.15) is 4.98 Å². The molecule has 1 atom stereocenters. The van der Waals surface area contributed by atoms with Gasteiger partial charge in [0.25, 0.3) is 0 Å². The first-order valence-electron chi connectivity index (χ1n) is 9.09. The molecule has 6 nitrogen and oxygen atoms in total. The Kier molecular flexibility index (Phi) is 5.96. The zero-order valence-electron chi connectivity index (χ0n) is 15.5. The van der Waals surface area contributed by atoms with Gasteiger partial charge in [-0.3, -0.25) is 4.79 Å². The Hall–Kier alpha value is -1.89. The summed E-state index contributed by atoms with van der Waals surface area (Å²) in [6.45, 7) is 1.85. The maximum atomic E-state index is 11.8. The van der Waals surface area contributed by atoms with Crippen molar-refractivity contribution in [3.8, 4) is 0 Å². The molecular weight excluding hydrogens is 394 g/mol. The third kappa shape index (κ3) is 4.44. The molecule has 1 aliphatic rings. The Balaban J connectivity index is 1.66. The molecule has 0 aliphatic heterocycles. The van der Waals surface area contributed by atoms with E-state index < -0.39 is 0 Å². The summed E-state index contributed by atoms with van der Waals surface area (Å²) < 4.78 is 0. The number of amides is 1. The van der Waals surface area contributed by atoms with Crippen LogP contribution >= 0.6 is 15.9 Å². The molecule has 1 aromatic heterocycles. The number of alkyl halides is 1. The van der Waals surface area contributed by atoms with Crippen molar-refractivity contribution in [1.29, 1.82) is 0 Å². The summed E-state index contributed by atoms with van der Waals surface area (Å²) in [6, 6.07) is 8.67. The van der Waals surface area contributed by atoms with Crippen LogP contribution < -0.4 is 15.5 Å². The minimum atomic E-state index is -0.145. The normalized spacial score (nSPS) is 21.2. The van der Waals surface area contributed by atoms with Crippen molar-refractivity contribution in [2.45, 2.75) is 49.5 Å². The van der Waals surface area contributed by atoms with Gasteiger partial charge in [-0.25, -0.2) is 4.98 Å². The van der Waals surface area contributed by atoms with E-state index in [0.717, 1.165) is 42.4 Å². The van der Waals surface area contributed by atoms with Gasteiger partial charge in [0.2, 0.25) is 11.9 Å². The lowest BCUT2D eigenvalue weighted by atomic mass is 9.91. The van der Waals surface area contributed by atoms with Gasteiger partial charge in [0.05, 0.1) is 10.3 Å². The monoisotopic (exact) mass is 419 g/mol. The van der Waals surface area contributed by atoms with E-state index in [9.17, 15) is 4.79 Å². The second kappa shape index (κ2) is 8.20. The maximum Gasteiger partial charge on any atom is 0.233 e. The molecular formula is C19H26BrN5O. The number of rotatable bonds is 5. The van der Waals surface area contributed by atoms with Crippen molar-refractivity contribution in [1.82, 2.24) is 15.3 Å². The van der Waals surface area contributed by atoms with E-state index >= 15 is 0 Å². The van der Waals surface area contributed by atoms with Crippen LogP contribution in [0.5, 0.6) is 0 Å². The molecule has 1 unspecified atom stereocenters. The first-order chi connectivity index (χ1) is 12.4. The number of aromatic nitrogens is 2. The van der Waals surface area contributed by atoms with E-state index in [1.54, 1.807) is 0 Å². The van der Waals surface area contributed by atoms with Crippen LogP contribution in [-0.4, -0.2) is 46.9 Å². The minimum Gasteiger partial charge on any atom is -0.362 e. The van der Waals surface area contributed by atoms with Crippen molar-refractivity contribution < 1.29 is 4.79 Å². The third-order valence-corrected chi connectivity index (χ3v) is 5.19. The van der Waals surface area contributed by atoms with Crippen LogP contribution in [0, 0.1) is 0 Å². The van der Waals surface area contributed by atoms with Crippen molar-refractivity contribution in [3.05, 3.63) is 24.3 Å². The third-order valence-electron chi connectivity index (χ3n) is 4.77. The molecule has 0 bridgehead atoms. The summed E-state index contributed by atoms with van der Waals surface area (Å²) in [7, 11) is 3.99.